The van der Waals surface area contributed by atoms with Crippen LogP contribution in [0, 0.1) is 0 Å². The molecule has 334 valence electrons. The summed E-state index contributed by atoms with van der Waals surface area (Å²) in [5.41, 5.74) is 0. The minimum atomic E-state index is -0.745. The number of aliphatic hydroxyl groups is 3. The summed E-state index contributed by atoms with van der Waals surface area (Å²) in [6.07, 6.45) is 56.4. The standard InChI is InChI=1S/C51H101NO4/c1-3-5-7-9-11-13-15-17-18-19-20-21-22-23-24-25-26-27-28-29-30-31-32-33-34-36-38-40-42-44-48(54)46-51(56)52-49(47-53)50(55)45-43-41-39-37-35-16-14-12-10-8-6-4-2/h23-24,48-50,53-55H,3-22,25-47H2,1-2H3,(H,52,56)/b24-23-. The van der Waals surface area contributed by atoms with Crippen LogP contribution >= 0.6 is 0 Å². The van der Waals surface area contributed by atoms with E-state index in [0.717, 1.165) is 25.7 Å². The number of rotatable bonds is 47. The van der Waals surface area contributed by atoms with E-state index in [9.17, 15) is 20.1 Å². The van der Waals surface area contributed by atoms with Gasteiger partial charge in [0.15, 0.2) is 0 Å². The largest absolute Gasteiger partial charge is 0.394 e. The number of allylic oxidation sites excluding steroid dienone is 2. The maximum atomic E-state index is 12.5. The molecule has 0 heterocycles. The molecule has 5 nitrogen and oxygen atoms in total. The van der Waals surface area contributed by atoms with Gasteiger partial charge in [-0.2, -0.15) is 0 Å². The lowest BCUT2D eigenvalue weighted by Crippen LogP contribution is -2.46. The van der Waals surface area contributed by atoms with Crippen LogP contribution in [0.2, 0.25) is 0 Å². The maximum Gasteiger partial charge on any atom is 0.222 e. The molecule has 0 saturated carbocycles. The summed E-state index contributed by atoms with van der Waals surface area (Å²) >= 11 is 0. The first kappa shape index (κ1) is 55.1. The van der Waals surface area contributed by atoms with Gasteiger partial charge in [-0.15, -0.1) is 0 Å². The fourth-order valence-corrected chi connectivity index (χ4v) is 8.17. The van der Waals surface area contributed by atoms with E-state index in [4.69, 9.17) is 0 Å². The van der Waals surface area contributed by atoms with E-state index < -0.39 is 18.2 Å². The van der Waals surface area contributed by atoms with Gasteiger partial charge in [0.05, 0.1) is 31.3 Å². The van der Waals surface area contributed by atoms with Crippen molar-refractivity contribution in [2.75, 3.05) is 6.61 Å². The van der Waals surface area contributed by atoms with Gasteiger partial charge in [-0.1, -0.05) is 251 Å². The van der Waals surface area contributed by atoms with E-state index in [2.05, 4.69) is 31.3 Å². The van der Waals surface area contributed by atoms with E-state index in [1.165, 1.54) is 225 Å². The molecule has 56 heavy (non-hydrogen) atoms. The van der Waals surface area contributed by atoms with Gasteiger partial charge in [0.1, 0.15) is 0 Å². The van der Waals surface area contributed by atoms with Gasteiger partial charge in [-0.3, -0.25) is 4.79 Å². The summed E-state index contributed by atoms with van der Waals surface area (Å²) < 4.78 is 0. The Morgan fingerprint density at radius 3 is 1.04 bits per heavy atom. The molecule has 0 aromatic carbocycles. The summed E-state index contributed by atoms with van der Waals surface area (Å²) in [6, 6.07) is -0.654. The second kappa shape index (κ2) is 46.8. The lowest BCUT2D eigenvalue weighted by atomic mass is 10.0. The van der Waals surface area contributed by atoms with Crippen LogP contribution in [0.15, 0.2) is 12.2 Å². The minimum absolute atomic E-state index is 0.0401. The third-order valence-corrected chi connectivity index (χ3v) is 12.1. The summed E-state index contributed by atoms with van der Waals surface area (Å²) in [5, 5.41) is 33.4. The molecule has 0 aliphatic carbocycles. The fraction of sp³-hybridized carbons (Fsp3) is 0.941. The second-order valence-corrected chi connectivity index (χ2v) is 17.8. The smallest absolute Gasteiger partial charge is 0.222 e. The molecule has 5 heteroatoms. The number of aliphatic hydroxyl groups excluding tert-OH is 3. The van der Waals surface area contributed by atoms with Gasteiger partial charge >= 0.3 is 0 Å². The van der Waals surface area contributed by atoms with Crippen LogP contribution in [0.25, 0.3) is 0 Å². The van der Waals surface area contributed by atoms with Gasteiger partial charge in [-0.25, -0.2) is 0 Å². The summed E-state index contributed by atoms with van der Waals surface area (Å²) in [5.74, 6) is -0.280. The van der Waals surface area contributed by atoms with Crippen LogP contribution in [0.1, 0.15) is 284 Å². The zero-order chi connectivity index (χ0) is 40.8. The van der Waals surface area contributed by atoms with Crippen LogP contribution in [-0.2, 0) is 4.79 Å². The van der Waals surface area contributed by atoms with Gasteiger partial charge in [-0.05, 0) is 38.5 Å². The molecular formula is C51H101NO4. The first-order valence-electron chi connectivity index (χ1n) is 25.5. The van der Waals surface area contributed by atoms with Crippen molar-refractivity contribution in [3.8, 4) is 0 Å². The zero-order valence-corrected chi connectivity index (χ0v) is 38.0. The Kier molecular flexibility index (Phi) is 46.0. The van der Waals surface area contributed by atoms with E-state index in [-0.39, 0.29) is 18.9 Å². The fourth-order valence-electron chi connectivity index (χ4n) is 8.17. The highest BCUT2D eigenvalue weighted by Crippen LogP contribution is 2.17. The first-order chi connectivity index (χ1) is 27.5. The Hall–Kier alpha value is -0.910. The van der Waals surface area contributed by atoms with Crippen molar-refractivity contribution in [1.29, 1.82) is 0 Å². The number of amides is 1. The number of nitrogens with one attached hydrogen (secondary N) is 1. The summed E-state index contributed by atoms with van der Waals surface area (Å²) in [7, 11) is 0. The molecule has 0 aromatic heterocycles. The number of carbonyl (C=O) groups excluding carboxylic acids is 1. The van der Waals surface area contributed by atoms with Crippen LogP contribution in [0.4, 0.5) is 0 Å². The Morgan fingerprint density at radius 1 is 0.429 bits per heavy atom. The summed E-state index contributed by atoms with van der Waals surface area (Å²) in [4.78, 5) is 12.5. The van der Waals surface area contributed by atoms with Crippen LogP contribution in [-0.4, -0.2) is 46.1 Å². The zero-order valence-electron chi connectivity index (χ0n) is 38.0. The molecule has 3 atom stereocenters. The summed E-state index contributed by atoms with van der Waals surface area (Å²) in [6.45, 7) is 4.28. The molecular weight excluding hydrogens is 691 g/mol. The highest BCUT2D eigenvalue weighted by molar-refractivity contribution is 5.76. The Labute approximate surface area is 350 Å². The van der Waals surface area contributed by atoms with Crippen LogP contribution in [0.5, 0.6) is 0 Å². The van der Waals surface area contributed by atoms with Gasteiger partial charge in [0, 0.05) is 0 Å². The van der Waals surface area contributed by atoms with Gasteiger partial charge in [0.2, 0.25) is 5.91 Å². The highest BCUT2D eigenvalue weighted by atomic mass is 16.3. The average Bonchev–Trinajstić information content (AvgIpc) is 3.19. The van der Waals surface area contributed by atoms with E-state index in [0.29, 0.717) is 12.8 Å². The molecule has 0 bridgehead atoms. The third kappa shape index (κ3) is 42.7. The van der Waals surface area contributed by atoms with Crippen molar-refractivity contribution in [2.45, 2.75) is 302 Å². The molecule has 0 fully saturated rings. The molecule has 0 radical (unpaired) electrons. The molecule has 0 spiro atoms. The first-order valence-corrected chi connectivity index (χ1v) is 25.5. The highest BCUT2D eigenvalue weighted by Gasteiger charge is 2.21. The molecule has 3 unspecified atom stereocenters. The average molecular weight is 792 g/mol. The van der Waals surface area contributed by atoms with Crippen molar-refractivity contribution < 1.29 is 20.1 Å². The van der Waals surface area contributed by atoms with E-state index in [1.54, 1.807) is 0 Å². The molecule has 0 aromatic rings. The molecule has 0 rings (SSSR count). The number of hydrogen-bond donors (Lipinski definition) is 4. The van der Waals surface area contributed by atoms with Crippen LogP contribution in [0.3, 0.4) is 0 Å². The molecule has 4 N–H and O–H groups in total. The molecule has 0 aliphatic rings. The Bertz CT molecular complexity index is 788. The normalized spacial score (nSPS) is 13.4. The molecule has 1 amide bonds. The van der Waals surface area contributed by atoms with E-state index in [1.807, 2.05) is 0 Å². The molecule has 0 aliphatic heterocycles. The van der Waals surface area contributed by atoms with Crippen molar-refractivity contribution in [1.82, 2.24) is 5.32 Å². The van der Waals surface area contributed by atoms with Crippen molar-refractivity contribution in [3.05, 3.63) is 12.2 Å². The Balaban J connectivity index is 3.48. The predicted octanol–water partition coefficient (Wildman–Crippen LogP) is 15.2. The SMILES string of the molecule is CCCCCCCCCCCCCC/C=C\CCCCCCCCCCCCCCCC(O)CC(=O)NC(CO)C(O)CCCCCCCCCCCCCC. The molecule has 0 saturated heterocycles. The van der Waals surface area contributed by atoms with E-state index >= 15 is 0 Å². The number of unbranched alkanes of at least 4 members (excludes halogenated alkanes) is 36. The topological polar surface area (TPSA) is 89.8 Å². The lowest BCUT2D eigenvalue weighted by molar-refractivity contribution is -0.125. The number of hydrogen-bond acceptors (Lipinski definition) is 4. The second-order valence-electron chi connectivity index (χ2n) is 17.8. The van der Waals surface area contributed by atoms with Gasteiger partial charge < -0.3 is 20.6 Å². The monoisotopic (exact) mass is 792 g/mol. The van der Waals surface area contributed by atoms with Crippen molar-refractivity contribution in [2.24, 2.45) is 0 Å². The van der Waals surface area contributed by atoms with Gasteiger partial charge in [0.25, 0.3) is 0 Å². The number of carbonyl (C=O) groups is 1. The predicted molar refractivity (Wildman–Crippen MR) is 245 cm³/mol. The quantitative estimate of drug-likeness (QED) is 0.0365. The van der Waals surface area contributed by atoms with Crippen molar-refractivity contribution >= 4 is 5.91 Å². The Morgan fingerprint density at radius 2 is 0.714 bits per heavy atom. The minimum Gasteiger partial charge on any atom is -0.394 e. The lowest BCUT2D eigenvalue weighted by Gasteiger charge is -2.23. The van der Waals surface area contributed by atoms with Crippen LogP contribution < -0.4 is 5.32 Å². The maximum absolute atomic E-state index is 12.5. The van der Waals surface area contributed by atoms with Crippen molar-refractivity contribution in [3.63, 3.8) is 0 Å². The third-order valence-electron chi connectivity index (χ3n) is 12.1.